The summed E-state index contributed by atoms with van der Waals surface area (Å²) in [5.41, 5.74) is 7.82. The maximum Gasteiger partial charge on any atom is 0.255 e. The van der Waals surface area contributed by atoms with Crippen molar-refractivity contribution in [2.45, 2.75) is 44.2 Å². The van der Waals surface area contributed by atoms with Crippen LogP contribution in [0.4, 0.5) is 10.1 Å². The Labute approximate surface area is 209 Å². The summed E-state index contributed by atoms with van der Waals surface area (Å²) >= 11 is 5.90. The molecule has 1 aromatic heterocycles. The van der Waals surface area contributed by atoms with E-state index < -0.39 is 17.3 Å². The zero-order valence-corrected chi connectivity index (χ0v) is 20.4. The minimum Gasteiger partial charge on any atom is -0.337 e. The first-order valence-corrected chi connectivity index (χ1v) is 11.9. The second-order valence-electron chi connectivity index (χ2n) is 9.30. The van der Waals surface area contributed by atoms with Crippen molar-refractivity contribution in [2.75, 3.05) is 11.9 Å². The average molecular weight is 495 g/mol. The van der Waals surface area contributed by atoms with Gasteiger partial charge in [0.25, 0.3) is 5.91 Å². The highest BCUT2D eigenvalue weighted by Crippen LogP contribution is 2.35. The van der Waals surface area contributed by atoms with Gasteiger partial charge in [-0.15, -0.1) is 0 Å². The summed E-state index contributed by atoms with van der Waals surface area (Å²) in [6, 6.07) is 14.2. The van der Waals surface area contributed by atoms with E-state index >= 15 is 0 Å². The van der Waals surface area contributed by atoms with Crippen molar-refractivity contribution in [3.63, 3.8) is 0 Å². The predicted molar refractivity (Wildman–Crippen MR) is 135 cm³/mol. The van der Waals surface area contributed by atoms with Crippen LogP contribution in [0.5, 0.6) is 0 Å². The fourth-order valence-electron chi connectivity index (χ4n) is 4.61. The molecule has 8 heteroatoms. The number of benzene rings is 2. The van der Waals surface area contributed by atoms with Crippen molar-refractivity contribution in [1.29, 1.82) is 0 Å². The van der Waals surface area contributed by atoms with E-state index in [2.05, 4.69) is 10.3 Å². The van der Waals surface area contributed by atoms with E-state index in [0.29, 0.717) is 23.4 Å². The Morgan fingerprint density at radius 2 is 1.83 bits per heavy atom. The van der Waals surface area contributed by atoms with Gasteiger partial charge in [0.05, 0.1) is 17.5 Å². The maximum absolute atomic E-state index is 14.6. The lowest BCUT2D eigenvalue weighted by molar-refractivity contribution is -0.137. The molecule has 2 heterocycles. The molecule has 1 fully saturated rings. The molecule has 0 saturated carbocycles. The molecule has 1 aliphatic rings. The molecule has 2 unspecified atom stereocenters. The number of amides is 2. The Morgan fingerprint density at radius 3 is 2.49 bits per heavy atom. The van der Waals surface area contributed by atoms with Crippen molar-refractivity contribution in [3.8, 4) is 0 Å². The minimum atomic E-state index is -1.08. The van der Waals surface area contributed by atoms with Crippen molar-refractivity contribution >= 4 is 29.1 Å². The number of nitrogens with zero attached hydrogens (tertiary/aromatic N) is 2. The lowest BCUT2D eigenvalue weighted by atomic mass is 9.82. The molecule has 0 radical (unpaired) electrons. The summed E-state index contributed by atoms with van der Waals surface area (Å²) in [4.78, 5) is 31.8. The van der Waals surface area contributed by atoms with Gasteiger partial charge in [0.2, 0.25) is 5.91 Å². The largest absolute Gasteiger partial charge is 0.337 e. The van der Waals surface area contributed by atoms with E-state index in [4.69, 9.17) is 17.3 Å². The van der Waals surface area contributed by atoms with Crippen molar-refractivity contribution < 1.29 is 14.0 Å². The number of likely N-dealkylation sites (tertiary alicyclic amines) is 1. The fourth-order valence-corrected chi connectivity index (χ4v) is 4.76. The number of nitrogens with one attached hydrogen (secondary N) is 1. The molecule has 1 aliphatic heterocycles. The summed E-state index contributed by atoms with van der Waals surface area (Å²) in [6.07, 6.45) is 4.77. The first-order chi connectivity index (χ1) is 16.7. The van der Waals surface area contributed by atoms with Gasteiger partial charge in [-0.1, -0.05) is 29.8 Å². The third kappa shape index (κ3) is 5.21. The monoisotopic (exact) mass is 494 g/mol. The standard InChI is InChI=1S/C27H28ClFN4O2/c1-27(2,21-10-9-19(28)16-22(21)29)26(35)33-15-3-4-23(33)24(30)17-5-7-18(8-6-17)25(34)32-20-11-13-31-14-12-20/h5-14,16,23-24H,3-4,15,30H2,1-2H3,(H,31,32,34). The second-order valence-corrected chi connectivity index (χ2v) is 9.73. The number of pyridine rings is 1. The number of halogens is 2. The lowest BCUT2D eigenvalue weighted by Gasteiger charge is -2.36. The van der Waals surface area contributed by atoms with E-state index in [1.54, 1.807) is 67.5 Å². The molecule has 182 valence electrons. The van der Waals surface area contributed by atoms with Gasteiger partial charge in [-0.2, -0.15) is 0 Å². The molecule has 2 atom stereocenters. The molecule has 4 rings (SSSR count). The van der Waals surface area contributed by atoms with Crippen LogP contribution in [0.1, 0.15) is 54.2 Å². The SMILES string of the molecule is CC(C)(C(=O)N1CCCC1C(N)c1ccc(C(=O)Nc2ccncc2)cc1)c1ccc(Cl)cc1F. The summed E-state index contributed by atoms with van der Waals surface area (Å²) < 4.78 is 14.6. The first kappa shape index (κ1) is 24.8. The number of aromatic nitrogens is 1. The molecule has 3 aromatic rings. The summed E-state index contributed by atoms with van der Waals surface area (Å²) in [5.74, 6) is -0.915. The highest BCUT2D eigenvalue weighted by molar-refractivity contribution is 6.30. The number of anilines is 1. The van der Waals surface area contributed by atoms with Gasteiger partial charge >= 0.3 is 0 Å². The quantitative estimate of drug-likeness (QED) is 0.499. The zero-order valence-electron chi connectivity index (χ0n) is 19.7. The van der Waals surface area contributed by atoms with Gasteiger partial charge in [-0.3, -0.25) is 14.6 Å². The highest BCUT2D eigenvalue weighted by Gasteiger charge is 2.42. The molecule has 0 spiro atoms. The van der Waals surface area contributed by atoms with Crippen LogP contribution in [0, 0.1) is 5.82 Å². The third-order valence-corrected chi connectivity index (χ3v) is 6.84. The number of nitrogens with two attached hydrogens (primary N) is 1. The van der Waals surface area contributed by atoms with Crippen LogP contribution in [0.15, 0.2) is 67.0 Å². The average Bonchev–Trinajstić information content (AvgIpc) is 3.33. The smallest absolute Gasteiger partial charge is 0.255 e. The number of hydrogen-bond donors (Lipinski definition) is 2. The van der Waals surface area contributed by atoms with E-state index in [1.165, 1.54) is 6.07 Å². The van der Waals surface area contributed by atoms with Crippen LogP contribution in [-0.4, -0.2) is 34.3 Å². The molecule has 35 heavy (non-hydrogen) atoms. The third-order valence-electron chi connectivity index (χ3n) is 6.61. The van der Waals surface area contributed by atoms with E-state index in [9.17, 15) is 14.0 Å². The minimum absolute atomic E-state index is 0.176. The molecule has 2 amide bonds. The Kier molecular flexibility index (Phi) is 7.19. The zero-order chi connectivity index (χ0) is 25.2. The van der Waals surface area contributed by atoms with E-state index in [0.717, 1.165) is 18.4 Å². The number of rotatable bonds is 6. The van der Waals surface area contributed by atoms with Gasteiger partial charge < -0.3 is 16.0 Å². The van der Waals surface area contributed by atoms with Crippen LogP contribution in [0.25, 0.3) is 0 Å². The molecule has 6 nitrogen and oxygen atoms in total. The molecule has 3 N–H and O–H groups in total. The Morgan fingerprint density at radius 1 is 1.14 bits per heavy atom. The molecule has 0 bridgehead atoms. The Hall–Kier alpha value is -3.29. The highest BCUT2D eigenvalue weighted by atomic mass is 35.5. The van der Waals surface area contributed by atoms with Gasteiger partial charge in [-0.05, 0) is 68.7 Å². The summed E-state index contributed by atoms with van der Waals surface area (Å²) in [6.45, 7) is 4.00. The van der Waals surface area contributed by atoms with Gasteiger partial charge in [0, 0.05) is 40.8 Å². The predicted octanol–water partition coefficient (Wildman–Crippen LogP) is 5.10. The van der Waals surface area contributed by atoms with Crippen molar-refractivity contribution in [1.82, 2.24) is 9.88 Å². The molecule has 2 aromatic carbocycles. The maximum atomic E-state index is 14.6. The van der Waals surface area contributed by atoms with Crippen LogP contribution in [0.2, 0.25) is 5.02 Å². The normalized spacial score (nSPS) is 16.7. The molecule has 0 aliphatic carbocycles. The van der Waals surface area contributed by atoms with E-state index in [-0.39, 0.29) is 22.9 Å². The number of hydrogen-bond acceptors (Lipinski definition) is 4. The molecular weight excluding hydrogens is 467 g/mol. The topological polar surface area (TPSA) is 88.3 Å². The second kappa shape index (κ2) is 10.1. The van der Waals surface area contributed by atoms with Crippen molar-refractivity contribution in [2.24, 2.45) is 5.73 Å². The summed E-state index contributed by atoms with van der Waals surface area (Å²) in [7, 11) is 0. The van der Waals surface area contributed by atoms with Crippen LogP contribution in [-0.2, 0) is 10.2 Å². The summed E-state index contributed by atoms with van der Waals surface area (Å²) in [5, 5.41) is 3.11. The van der Waals surface area contributed by atoms with Crippen LogP contribution >= 0.6 is 11.6 Å². The van der Waals surface area contributed by atoms with Gasteiger partial charge in [0.15, 0.2) is 0 Å². The first-order valence-electron chi connectivity index (χ1n) is 11.5. The number of carbonyl (C=O) groups excluding carboxylic acids is 2. The van der Waals surface area contributed by atoms with Gasteiger partial charge in [-0.25, -0.2) is 4.39 Å². The Balaban J connectivity index is 1.49. The van der Waals surface area contributed by atoms with Gasteiger partial charge in [0.1, 0.15) is 5.82 Å². The fraction of sp³-hybridized carbons (Fsp3) is 0.296. The number of carbonyl (C=O) groups is 2. The lowest BCUT2D eigenvalue weighted by Crippen LogP contribution is -2.49. The van der Waals surface area contributed by atoms with E-state index in [1.807, 2.05) is 12.1 Å². The van der Waals surface area contributed by atoms with Crippen molar-refractivity contribution in [3.05, 3.63) is 94.5 Å². The molecular formula is C27H28ClFN4O2. The Bertz CT molecular complexity index is 1220. The van der Waals surface area contributed by atoms with Crippen LogP contribution < -0.4 is 11.1 Å². The van der Waals surface area contributed by atoms with Crippen LogP contribution in [0.3, 0.4) is 0 Å². The molecule has 1 saturated heterocycles.